The molecule has 0 saturated heterocycles. The van der Waals surface area contributed by atoms with Crippen LogP contribution in [-0.2, 0) is 0 Å². The zero-order valence-corrected chi connectivity index (χ0v) is 9.89. The van der Waals surface area contributed by atoms with Gasteiger partial charge in [-0.1, -0.05) is 6.42 Å². The van der Waals surface area contributed by atoms with Crippen LogP contribution in [0.25, 0.3) is 11.5 Å². The van der Waals surface area contributed by atoms with E-state index in [0.717, 1.165) is 0 Å². The Morgan fingerprint density at radius 2 is 2.33 bits per heavy atom. The Balaban J connectivity index is 1.71. The van der Waals surface area contributed by atoms with Gasteiger partial charge in [-0.15, -0.1) is 0 Å². The van der Waals surface area contributed by atoms with Crippen LogP contribution in [0.5, 0.6) is 0 Å². The van der Waals surface area contributed by atoms with E-state index < -0.39 is 0 Å². The predicted molar refractivity (Wildman–Crippen MR) is 63.9 cm³/mol. The number of furan rings is 1. The lowest BCUT2D eigenvalue weighted by Gasteiger charge is -2.25. The number of aromatic nitrogens is 1. The minimum absolute atomic E-state index is 0.206. The molecule has 0 aliphatic heterocycles. The molecular formula is C13H14N2O3. The number of nitrogens with zero attached hydrogens (tertiary/aromatic N) is 1. The lowest BCUT2D eigenvalue weighted by atomic mass is 9.85. The Hall–Kier alpha value is -2.04. The van der Waals surface area contributed by atoms with E-state index in [0.29, 0.717) is 24.0 Å². The maximum Gasteiger partial charge on any atom is 0.274 e. The van der Waals surface area contributed by atoms with Crippen LogP contribution in [0.2, 0.25) is 0 Å². The highest BCUT2D eigenvalue weighted by Gasteiger charge is 2.22. The first-order chi connectivity index (χ1) is 8.84. The van der Waals surface area contributed by atoms with Crippen LogP contribution in [0, 0.1) is 5.92 Å². The van der Waals surface area contributed by atoms with Crippen molar-refractivity contribution in [2.24, 2.45) is 5.92 Å². The Morgan fingerprint density at radius 3 is 3.00 bits per heavy atom. The Bertz CT molecular complexity index is 526. The molecule has 0 radical (unpaired) electrons. The van der Waals surface area contributed by atoms with E-state index in [1.807, 2.05) is 0 Å². The van der Waals surface area contributed by atoms with Crippen LogP contribution in [0.4, 0.5) is 0 Å². The highest BCUT2D eigenvalue weighted by Crippen LogP contribution is 2.26. The van der Waals surface area contributed by atoms with E-state index in [1.54, 1.807) is 12.1 Å². The van der Waals surface area contributed by atoms with E-state index in [-0.39, 0.29) is 11.6 Å². The van der Waals surface area contributed by atoms with E-state index in [4.69, 9.17) is 8.83 Å². The van der Waals surface area contributed by atoms with Crippen LogP contribution in [0.1, 0.15) is 29.8 Å². The van der Waals surface area contributed by atoms with Gasteiger partial charge in [-0.25, -0.2) is 4.98 Å². The van der Waals surface area contributed by atoms with Crippen molar-refractivity contribution in [3.63, 3.8) is 0 Å². The number of amides is 1. The van der Waals surface area contributed by atoms with Gasteiger partial charge in [0.05, 0.1) is 6.26 Å². The molecule has 0 unspecified atom stereocenters. The molecule has 2 aromatic rings. The van der Waals surface area contributed by atoms with Crippen LogP contribution in [0.15, 0.2) is 33.6 Å². The number of hydrogen-bond donors (Lipinski definition) is 1. The number of hydrogen-bond acceptors (Lipinski definition) is 4. The predicted octanol–water partition coefficient (Wildman–Crippen LogP) is 2.46. The van der Waals surface area contributed by atoms with Crippen LogP contribution in [-0.4, -0.2) is 17.4 Å². The summed E-state index contributed by atoms with van der Waals surface area (Å²) in [6.07, 6.45) is 6.46. The molecule has 1 amide bonds. The van der Waals surface area contributed by atoms with Crippen molar-refractivity contribution >= 4 is 5.91 Å². The fraction of sp³-hybridized carbons (Fsp3) is 0.385. The van der Waals surface area contributed by atoms with Gasteiger partial charge < -0.3 is 14.2 Å². The molecule has 94 valence electrons. The minimum atomic E-state index is -0.206. The summed E-state index contributed by atoms with van der Waals surface area (Å²) < 4.78 is 10.4. The van der Waals surface area contributed by atoms with Crippen molar-refractivity contribution in [1.29, 1.82) is 0 Å². The molecule has 2 heterocycles. The molecule has 1 N–H and O–H groups in total. The lowest BCUT2D eigenvalue weighted by Crippen LogP contribution is -2.32. The van der Waals surface area contributed by atoms with Crippen molar-refractivity contribution < 1.29 is 13.6 Å². The number of rotatable bonds is 4. The number of carbonyl (C=O) groups excluding carboxylic acids is 1. The van der Waals surface area contributed by atoms with E-state index in [2.05, 4.69) is 10.3 Å². The molecule has 0 aromatic carbocycles. The third kappa shape index (κ3) is 2.03. The molecule has 0 atom stereocenters. The van der Waals surface area contributed by atoms with Gasteiger partial charge in [0.1, 0.15) is 0 Å². The fourth-order valence-corrected chi connectivity index (χ4v) is 2.01. The maximum absolute atomic E-state index is 12.0. The van der Waals surface area contributed by atoms with Gasteiger partial charge in [-0.2, -0.15) is 0 Å². The topological polar surface area (TPSA) is 68.3 Å². The summed E-state index contributed by atoms with van der Waals surface area (Å²) in [5, 5.41) is 2.89. The summed E-state index contributed by atoms with van der Waals surface area (Å²) in [5.41, 5.74) is 0.282. The molecule has 1 aliphatic rings. The zero-order chi connectivity index (χ0) is 12.4. The van der Waals surface area contributed by atoms with Crippen LogP contribution < -0.4 is 5.32 Å². The summed E-state index contributed by atoms with van der Waals surface area (Å²) in [6.45, 7) is 0.712. The fourth-order valence-electron chi connectivity index (χ4n) is 2.01. The second-order valence-electron chi connectivity index (χ2n) is 4.51. The van der Waals surface area contributed by atoms with E-state index in [1.165, 1.54) is 31.9 Å². The third-order valence-electron chi connectivity index (χ3n) is 3.30. The second kappa shape index (κ2) is 4.68. The number of nitrogens with one attached hydrogen (secondary N) is 1. The summed E-state index contributed by atoms with van der Waals surface area (Å²) in [4.78, 5) is 15.9. The standard InChI is InChI=1S/C13H14N2O3/c16-13(14-7-9-3-1-4-9)11-12(18-8-15-11)10-5-2-6-17-10/h2,5-6,8-9H,1,3-4,7H2,(H,14,16). The Labute approximate surface area is 104 Å². The largest absolute Gasteiger partial charge is 0.461 e. The summed E-state index contributed by atoms with van der Waals surface area (Å²) in [7, 11) is 0. The first-order valence-corrected chi connectivity index (χ1v) is 6.10. The first-order valence-electron chi connectivity index (χ1n) is 6.10. The number of oxazole rings is 1. The molecular weight excluding hydrogens is 232 g/mol. The molecule has 5 heteroatoms. The van der Waals surface area contributed by atoms with Crippen molar-refractivity contribution in [2.45, 2.75) is 19.3 Å². The smallest absolute Gasteiger partial charge is 0.274 e. The van der Waals surface area contributed by atoms with Gasteiger partial charge in [0.15, 0.2) is 17.8 Å². The van der Waals surface area contributed by atoms with E-state index in [9.17, 15) is 4.79 Å². The minimum Gasteiger partial charge on any atom is -0.461 e. The van der Waals surface area contributed by atoms with Gasteiger partial charge in [-0.3, -0.25) is 4.79 Å². The van der Waals surface area contributed by atoms with Gasteiger partial charge in [0.2, 0.25) is 5.76 Å². The van der Waals surface area contributed by atoms with Crippen molar-refractivity contribution in [3.8, 4) is 11.5 Å². The number of carbonyl (C=O) groups is 1. The highest BCUT2D eigenvalue weighted by atomic mass is 16.4. The zero-order valence-electron chi connectivity index (χ0n) is 9.89. The van der Waals surface area contributed by atoms with Crippen molar-refractivity contribution in [3.05, 3.63) is 30.5 Å². The summed E-state index contributed by atoms with van der Waals surface area (Å²) >= 11 is 0. The summed E-state index contributed by atoms with van der Waals surface area (Å²) in [5.74, 6) is 1.31. The average Bonchev–Trinajstić information content (AvgIpc) is 2.97. The van der Waals surface area contributed by atoms with Crippen molar-refractivity contribution in [2.75, 3.05) is 6.54 Å². The Kier molecular flexibility index (Phi) is 2.88. The summed E-state index contributed by atoms with van der Waals surface area (Å²) in [6, 6.07) is 3.48. The maximum atomic E-state index is 12.0. The molecule has 2 aromatic heterocycles. The molecule has 1 saturated carbocycles. The SMILES string of the molecule is O=C(NCC1CCC1)c1ncoc1-c1ccco1. The van der Waals surface area contributed by atoms with Crippen LogP contribution >= 0.6 is 0 Å². The first kappa shape index (κ1) is 11.1. The van der Waals surface area contributed by atoms with Gasteiger partial charge >= 0.3 is 0 Å². The highest BCUT2D eigenvalue weighted by molar-refractivity contribution is 5.97. The Morgan fingerprint density at radius 1 is 1.44 bits per heavy atom. The van der Waals surface area contributed by atoms with Gasteiger partial charge in [0.25, 0.3) is 5.91 Å². The molecule has 1 fully saturated rings. The lowest BCUT2D eigenvalue weighted by molar-refractivity contribution is 0.0934. The molecule has 0 bridgehead atoms. The van der Waals surface area contributed by atoms with Gasteiger partial charge in [0, 0.05) is 6.54 Å². The molecule has 5 nitrogen and oxygen atoms in total. The van der Waals surface area contributed by atoms with E-state index >= 15 is 0 Å². The second-order valence-corrected chi connectivity index (χ2v) is 4.51. The molecule has 18 heavy (non-hydrogen) atoms. The quantitative estimate of drug-likeness (QED) is 0.899. The van der Waals surface area contributed by atoms with Gasteiger partial charge in [-0.05, 0) is 30.9 Å². The normalized spacial score (nSPS) is 15.3. The van der Waals surface area contributed by atoms with Crippen LogP contribution in [0.3, 0.4) is 0 Å². The molecule has 1 aliphatic carbocycles. The average molecular weight is 246 g/mol. The molecule has 0 spiro atoms. The molecule has 3 rings (SSSR count). The monoisotopic (exact) mass is 246 g/mol. The third-order valence-corrected chi connectivity index (χ3v) is 3.30. The van der Waals surface area contributed by atoms with Crippen molar-refractivity contribution in [1.82, 2.24) is 10.3 Å².